The third-order valence-electron chi connectivity index (χ3n) is 4.32. The first kappa shape index (κ1) is 16.3. The van der Waals surface area contributed by atoms with Gasteiger partial charge in [-0.25, -0.2) is 4.98 Å². The lowest BCUT2D eigenvalue weighted by atomic mass is 10.0. The Kier molecular flexibility index (Phi) is 3.96. The maximum Gasteiger partial charge on any atom is 0.416 e. The highest BCUT2D eigenvalue weighted by Gasteiger charge is 2.29. The maximum atomic E-state index is 12.7. The van der Waals surface area contributed by atoms with Crippen molar-refractivity contribution in [3.63, 3.8) is 0 Å². The van der Waals surface area contributed by atoms with Crippen LogP contribution in [0.15, 0.2) is 84.9 Å². The largest absolute Gasteiger partial charge is 0.416 e. The molecule has 0 amide bonds. The predicted octanol–water partition coefficient (Wildman–Crippen LogP) is 6.59. The third-order valence-corrected chi connectivity index (χ3v) is 4.32. The molecule has 0 aliphatic carbocycles. The molecule has 0 atom stereocenters. The van der Waals surface area contributed by atoms with Crippen LogP contribution in [0.1, 0.15) is 5.56 Å². The molecule has 0 radical (unpaired) electrons. The summed E-state index contributed by atoms with van der Waals surface area (Å²) in [5.41, 5.74) is 3.73. The van der Waals surface area contributed by atoms with Crippen LogP contribution in [0.4, 0.5) is 13.2 Å². The highest BCUT2D eigenvalue weighted by Crippen LogP contribution is 2.31. The molecule has 0 aliphatic heterocycles. The van der Waals surface area contributed by atoms with Gasteiger partial charge in [-0.15, -0.1) is 0 Å². The number of alkyl halides is 3. The van der Waals surface area contributed by atoms with E-state index in [4.69, 9.17) is 0 Å². The lowest BCUT2D eigenvalue weighted by Gasteiger charge is -2.08. The number of hydrogen-bond donors (Lipinski definition) is 0. The van der Waals surface area contributed by atoms with E-state index in [2.05, 4.69) is 4.98 Å². The first-order valence-corrected chi connectivity index (χ1v) is 8.14. The first-order chi connectivity index (χ1) is 12.5. The van der Waals surface area contributed by atoms with Gasteiger partial charge in [-0.3, -0.25) is 0 Å². The molecule has 4 heteroatoms. The van der Waals surface area contributed by atoms with Crippen molar-refractivity contribution in [3.05, 3.63) is 90.5 Å². The summed E-state index contributed by atoms with van der Waals surface area (Å²) in [5, 5.41) is 1.08. The van der Waals surface area contributed by atoms with Crippen molar-refractivity contribution in [1.82, 2.24) is 4.98 Å². The monoisotopic (exact) mass is 349 g/mol. The Morgan fingerprint density at radius 3 is 1.81 bits per heavy atom. The summed E-state index contributed by atoms with van der Waals surface area (Å²) in [6.07, 6.45) is -4.32. The van der Waals surface area contributed by atoms with E-state index in [-0.39, 0.29) is 0 Å². The summed E-state index contributed by atoms with van der Waals surface area (Å²) in [6, 6.07) is 24.8. The van der Waals surface area contributed by atoms with Gasteiger partial charge in [-0.05, 0) is 35.4 Å². The van der Waals surface area contributed by atoms with Crippen LogP contribution >= 0.6 is 0 Å². The number of aromatic nitrogens is 1. The van der Waals surface area contributed by atoms with Gasteiger partial charge in [-0.2, -0.15) is 13.2 Å². The molecule has 0 bridgehead atoms. The lowest BCUT2D eigenvalue weighted by Crippen LogP contribution is -2.03. The topological polar surface area (TPSA) is 12.9 Å². The SMILES string of the molecule is FC(F)(F)c1ccc(-c2ccc(-c3ccc4ccccc4n3)cc2)cc1. The second-order valence-corrected chi connectivity index (χ2v) is 6.04. The van der Waals surface area contributed by atoms with Crippen LogP contribution in [0.2, 0.25) is 0 Å². The normalized spacial score (nSPS) is 11.7. The van der Waals surface area contributed by atoms with Gasteiger partial charge >= 0.3 is 6.18 Å². The van der Waals surface area contributed by atoms with E-state index in [1.807, 2.05) is 60.7 Å². The smallest absolute Gasteiger partial charge is 0.248 e. The molecule has 0 saturated carbocycles. The van der Waals surface area contributed by atoms with Gasteiger partial charge in [0.15, 0.2) is 0 Å². The molecule has 0 spiro atoms. The molecule has 1 heterocycles. The summed E-state index contributed by atoms with van der Waals surface area (Å²) in [4.78, 5) is 4.66. The van der Waals surface area contributed by atoms with Gasteiger partial charge in [0.2, 0.25) is 0 Å². The molecule has 128 valence electrons. The fourth-order valence-corrected chi connectivity index (χ4v) is 2.91. The van der Waals surface area contributed by atoms with E-state index in [9.17, 15) is 13.2 Å². The average molecular weight is 349 g/mol. The summed E-state index contributed by atoms with van der Waals surface area (Å²) in [6.45, 7) is 0. The number of pyridine rings is 1. The average Bonchev–Trinajstić information content (AvgIpc) is 2.67. The number of fused-ring (bicyclic) bond motifs is 1. The van der Waals surface area contributed by atoms with E-state index in [1.165, 1.54) is 12.1 Å². The van der Waals surface area contributed by atoms with Gasteiger partial charge in [-0.1, -0.05) is 60.7 Å². The Labute approximate surface area is 148 Å². The third kappa shape index (κ3) is 3.18. The van der Waals surface area contributed by atoms with Crippen LogP contribution in [0.25, 0.3) is 33.3 Å². The molecule has 1 aromatic heterocycles. The van der Waals surface area contributed by atoms with Crippen LogP contribution in [-0.4, -0.2) is 4.98 Å². The van der Waals surface area contributed by atoms with Crippen molar-refractivity contribution in [2.45, 2.75) is 6.18 Å². The molecule has 0 saturated heterocycles. The van der Waals surface area contributed by atoms with E-state index in [0.717, 1.165) is 45.4 Å². The van der Waals surface area contributed by atoms with Gasteiger partial charge in [0, 0.05) is 10.9 Å². The minimum atomic E-state index is -4.32. The fraction of sp³-hybridized carbons (Fsp3) is 0.0455. The Balaban J connectivity index is 1.63. The molecule has 4 aromatic rings. The van der Waals surface area contributed by atoms with Crippen molar-refractivity contribution in [1.29, 1.82) is 0 Å². The second-order valence-electron chi connectivity index (χ2n) is 6.04. The van der Waals surface area contributed by atoms with E-state index >= 15 is 0 Å². The van der Waals surface area contributed by atoms with Crippen LogP contribution in [0.3, 0.4) is 0 Å². The van der Waals surface area contributed by atoms with Gasteiger partial charge in [0.25, 0.3) is 0 Å². The predicted molar refractivity (Wildman–Crippen MR) is 97.6 cm³/mol. The highest BCUT2D eigenvalue weighted by molar-refractivity contribution is 5.81. The van der Waals surface area contributed by atoms with E-state index < -0.39 is 11.7 Å². The molecular weight excluding hydrogens is 335 g/mol. The van der Waals surface area contributed by atoms with Crippen molar-refractivity contribution < 1.29 is 13.2 Å². The zero-order valence-corrected chi connectivity index (χ0v) is 13.7. The number of hydrogen-bond acceptors (Lipinski definition) is 1. The van der Waals surface area contributed by atoms with Crippen molar-refractivity contribution >= 4 is 10.9 Å². The minimum absolute atomic E-state index is 0.641. The Hall–Kier alpha value is -3.14. The quantitative estimate of drug-likeness (QED) is 0.398. The number of nitrogens with zero attached hydrogens (tertiary/aromatic N) is 1. The number of halogens is 3. The molecule has 0 N–H and O–H groups in total. The molecule has 1 nitrogen and oxygen atoms in total. The van der Waals surface area contributed by atoms with Gasteiger partial charge < -0.3 is 0 Å². The van der Waals surface area contributed by atoms with E-state index in [0.29, 0.717) is 0 Å². The molecule has 3 aromatic carbocycles. The lowest BCUT2D eigenvalue weighted by molar-refractivity contribution is -0.137. The Morgan fingerprint density at radius 2 is 1.15 bits per heavy atom. The number of para-hydroxylation sites is 1. The van der Waals surface area contributed by atoms with E-state index in [1.54, 1.807) is 0 Å². The van der Waals surface area contributed by atoms with Crippen LogP contribution in [0.5, 0.6) is 0 Å². The summed E-state index contributed by atoms with van der Waals surface area (Å²) < 4.78 is 38.0. The van der Waals surface area contributed by atoms with Crippen LogP contribution in [0, 0.1) is 0 Å². The van der Waals surface area contributed by atoms with Crippen LogP contribution < -0.4 is 0 Å². The molecular formula is C22H14F3N. The molecule has 0 fully saturated rings. The molecule has 0 aliphatic rings. The van der Waals surface area contributed by atoms with Crippen LogP contribution in [-0.2, 0) is 6.18 Å². The summed E-state index contributed by atoms with van der Waals surface area (Å²) in [7, 11) is 0. The van der Waals surface area contributed by atoms with Crippen molar-refractivity contribution in [3.8, 4) is 22.4 Å². The van der Waals surface area contributed by atoms with Gasteiger partial charge in [0.1, 0.15) is 0 Å². The Morgan fingerprint density at radius 1 is 0.577 bits per heavy atom. The first-order valence-electron chi connectivity index (χ1n) is 8.14. The minimum Gasteiger partial charge on any atom is -0.248 e. The zero-order chi connectivity index (χ0) is 18.1. The fourth-order valence-electron chi connectivity index (χ4n) is 2.91. The highest BCUT2D eigenvalue weighted by atomic mass is 19.4. The van der Waals surface area contributed by atoms with Gasteiger partial charge in [0.05, 0.1) is 16.8 Å². The Bertz CT molecular complexity index is 1050. The second kappa shape index (κ2) is 6.30. The molecule has 26 heavy (non-hydrogen) atoms. The summed E-state index contributed by atoms with van der Waals surface area (Å²) >= 11 is 0. The zero-order valence-electron chi connectivity index (χ0n) is 13.7. The standard InChI is InChI=1S/C22H14F3N/c23-22(24,25)19-12-9-16(10-13-19)15-5-7-18(8-6-15)21-14-11-17-3-1-2-4-20(17)26-21/h1-14H. The maximum absolute atomic E-state index is 12.7. The van der Waals surface area contributed by atoms with Crippen molar-refractivity contribution in [2.75, 3.05) is 0 Å². The molecule has 4 rings (SSSR count). The molecule has 0 unspecified atom stereocenters. The summed E-state index contributed by atoms with van der Waals surface area (Å²) in [5.74, 6) is 0. The van der Waals surface area contributed by atoms with Crippen molar-refractivity contribution in [2.24, 2.45) is 0 Å². The number of benzene rings is 3. The number of rotatable bonds is 2.